The molecule has 1 rings (SSSR count). The third kappa shape index (κ3) is 5.30. The summed E-state index contributed by atoms with van der Waals surface area (Å²) < 4.78 is 16.1. The molecule has 0 bridgehead atoms. The van der Waals surface area contributed by atoms with E-state index in [1.165, 1.54) is 0 Å². The van der Waals surface area contributed by atoms with Crippen molar-refractivity contribution in [2.45, 2.75) is 13.0 Å². The molecule has 1 aromatic carbocycles. The van der Waals surface area contributed by atoms with Gasteiger partial charge in [-0.1, -0.05) is 12.1 Å². The van der Waals surface area contributed by atoms with Gasteiger partial charge in [-0.25, -0.2) is 0 Å². The second-order valence-corrected chi connectivity index (χ2v) is 5.52. The second-order valence-electron chi connectivity index (χ2n) is 3.97. The van der Waals surface area contributed by atoms with Crippen LogP contribution in [0.2, 0.25) is 0 Å². The van der Waals surface area contributed by atoms with Crippen LogP contribution in [0.15, 0.2) is 24.3 Å². The lowest BCUT2D eigenvalue weighted by Crippen LogP contribution is -2.23. The molecule has 2 unspecified atom stereocenters. The molecule has 5 heteroatoms. The van der Waals surface area contributed by atoms with Gasteiger partial charge in [0.05, 0.1) is 0 Å². The van der Waals surface area contributed by atoms with Crippen molar-refractivity contribution >= 4 is 10.8 Å². The van der Waals surface area contributed by atoms with Crippen LogP contribution in [-0.4, -0.2) is 29.4 Å². The Hall–Kier alpha value is -1.38. The standard InChI is InChI=1S/C13H18N2O2S/c1-11(15-8-10-18(2)16)12-3-5-13(6-4-12)17-9-7-14/h3-6,11,15H,8-10H2,1-2H3. The van der Waals surface area contributed by atoms with Crippen LogP contribution in [0.3, 0.4) is 0 Å². The number of benzene rings is 1. The van der Waals surface area contributed by atoms with Crippen molar-refractivity contribution in [1.29, 1.82) is 5.26 Å². The molecule has 2 atom stereocenters. The molecule has 0 radical (unpaired) electrons. The predicted molar refractivity (Wildman–Crippen MR) is 72.9 cm³/mol. The zero-order valence-corrected chi connectivity index (χ0v) is 11.5. The van der Waals surface area contributed by atoms with Crippen molar-refractivity contribution in [1.82, 2.24) is 5.32 Å². The summed E-state index contributed by atoms with van der Waals surface area (Å²) >= 11 is 0. The fourth-order valence-corrected chi connectivity index (χ4v) is 1.91. The number of nitrogens with zero attached hydrogens (tertiary/aromatic N) is 1. The van der Waals surface area contributed by atoms with Crippen LogP contribution in [-0.2, 0) is 10.8 Å². The molecule has 0 heterocycles. The van der Waals surface area contributed by atoms with E-state index in [9.17, 15) is 4.21 Å². The Balaban J connectivity index is 2.46. The predicted octanol–water partition coefficient (Wildman–Crippen LogP) is 1.62. The van der Waals surface area contributed by atoms with Crippen LogP contribution in [0.1, 0.15) is 18.5 Å². The first-order chi connectivity index (χ1) is 8.63. The van der Waals surface area contributed by atoms with E-state index in [1.54, 1.807) is 6.26 Å². The van der Waals surface area contributed by atoms with Crippen molar-refractivity contribution in [3.8, 4) is 11.8 Å². The molecule has 0 aromatic heterocycles. The zero-order valence-electron chi connectivity index (χ0n) is 10.7. The molecule has 0 saturated carbocycles. The summed E-state index contributed by atoms with van der Waals surface area (Å²) in [6.07, 6.45) is 1.70. The van der Waals surface area contributed by atoms with Gasteiger partial charge in [0, 0.05) is 35.4 Å². The molecule has 0 amide bonds. The van der Waals surface area contributed by atoms with Crippen LogP contribution in [0.25, 0.3) is 0 Å². The largest absolute Gasteiger partial charge is 0.479 e. The highest BCUT2D eigenvalue weighted by molar-refractivity contribution is 7.84. The molecule has 98 valence electrons. The quantitative estimate of drug-likeness (QED) is 0.814. The van der Waals surface area contributed by atoms with Crippen LogP contribution < -0.4 is 10.1 Å². The minimum absolute atomic E-state index is 0.0649. The van der Waals surface area contributed by atoms with Crippen molar-refractivity contribution in [2.24, 2.45) is 0 Å². The van der Waals surface area contributed by atoms with Crippen LogP contribution in [0.5, 0.6) is 5.75 Å². The summed E-state index contributed by atoms with van der Waals surface area (Å²) in [5, 5.41) is 11.7. The average Bonchev–Trinajstić information content (AvgIpc) is 2.36. The van der Waals surface area contributed by atoms with E-state index in [0.717, 1.165) is 12.1 Å². The maximum absolute atomic E-state index is 10.9. The Labute approximate surface area is 110 Å². The minimum Gasteiger partial charge on any atom is -0.479 e. The molecule has 4 nitrogen and oxygen atoms in total. The fraction of sp³-hybridized carbons (Fsp3) is 0.462. The minimum atomic E-state index is -0.759. The normalized spacial score (nSPS) is 13.6. The van der Waals surface area contributed by atoms with Crippen LogP contribution >= 0.6 is 0 Å². The number of ether oxygens (including phenoxy) is 1. The van der Waals surface area contributed by atoms with Crippen LogP contribution in [0.4, 0.5) is 0 Å². The van der Waals surface area contributed by atoms with E-state index in [2.05, 4.69) is 12.2 Å². The monoisotopic (exact) mass is 266 g/mol. The van der Waals surface area contributed by atoms with Gasteiger partial charge in [-0.15, -0.1) is 0 Å². The first kappa shape index (κ1) is 14.7. The summed E-state index contributed by atoms with van der Waals surface area (Å²) in [5.74, 6) is 1.36. The third-order valence-electron chi connectivity index (χ3n) is 2.52. The van der Waals surface area contributed by atoms with Gasteiger partial charge in [0.25, 0.3) is 0 Å². The first-order valence-electron chi connectivity index (χ1n) is 5.76. The molecule has 0 spiro atoms. The maximum atomic E-state index is 10.9. The highest BCUT2D eigenvalue weighted by atomic mass is 32.2. The van der Waals surface area contributed by atoms with E-state index >= 15 is 0 Å². The van der Waals surface area contributed by atoms with Gasteiger partial charge < -0.3 is 10.1 Å². The lowest BCUT2D eigenvalue weighted by Gasteiger charge is -2.14. The molecule has 0 aliphatic heterocycles. The number of nitriles is 1. The van der Waals surface area contributed by atoms with Crippen molar-refractivity contribution in [3.05, 3.63) is 29.8 Å². The number of nitrogens with one attached hydrogen (secondary N) is 1. The molecular weight excluding hydrogens is 248 g/mol. The lowest BCUT2D eigenvalue weighted by molar-refractivity contribution is 0.368. The lowest BCUT2D eigenvalue weighted by atomic mass is 10.1. The van der Waals surface area contributed by atoms with E-state index in [1.807, 2.05) is 30.3 Å². The summed E-state index contributed by atoms with van der Waals surface area (Å²) in [6, 6.07) is 9.77. The maximum Gasteiger partial charge on any atom is 0.174 e. The Morgan fingerprint density at radius 2 is 2.11 bits per heavy atom. The number of rotatable bonds is 7. The zero-order chi connectivity index (χ0) is 13.4. The third-order valence-corrected chi connectivity index (χ3v) is 3.30. The van der Waals surface area contributed by atoms with E-state index in [4.69, 9.17) is 10.00 Å². The molecule has 0 saturated heterocycles. The molecule has 1 N–H and O–H groups in total. The average molecular weight is 266 g/mol. The fourth-order valence-electron chi connectivity index (χ4n) is 1.51. The molecule has 1 aromatic rings. The highest BCUT2D eigenvalue weighted by Crippen LogP contribution is 2.17. The first-order valence-corrected chi connectivity index (χ1v) is 7.49. The second kappa shape index (κ2) is 7.85. The Morgan fingerprint density at radius 1 is 1.44 bits per heavy atom. The summed E-state index contributed by atoms with van der Waals surface area (Å²) in [6.45, 7) is 2.86. The summed E-state index contributed by atoms with van der Waals surface area (Å²) in [4.78, 5) is 0. The molecular formula is C13H18N2O2S. The molecule has 0 aliphatic rings. The molecule has 0 aliphatic carbocycles. The Bertz CT molecular complexity index is 426. The Morgan fingerprint density at radius 3 is 2.67 bits per heavy atom. The van der Waals surface area contributed by atoms with Gasteiger partial charge in [0.15, 0.2) is 6.61 Å². The van der Waals surface area contributed by atoms with Gasteiger partial charge in [-0.3, -0.25) is 4.21 Å². The summed E-state index contributed by atoms with van der Waals surface area (Å²) in [7, 11) is -0.759. The highest BCUT2D eigenvalue weighted by Gasteiger charge is 2.04. The Kier molecular flexibility index (Phi) is 6.40. The van der Waals surface area contributed by atoms with Crippen molar-refractivity contribution in [2.75, 3.05) is 25.2 Å². The van der Waals surface area contributed by atoms with Gasteiger partial charge in [0.1, 0.15) is 11.8 Å². The molecule has 18 heavy (non-hydrogen) atoms. The van der Waals surface area contributed by atoms with E-state index in [-0.39, 0.29) is 12.6 Å². The SMILES string of the molecule is CC(NCCS(C)=O)c1ccc(OCC#N)cc1. The van der Waals surface area contributed by atoms with E-state index < -0.39 is 10.8 Å². The van der Waals surface area contributed by atoms with Gasteiger partial charge in [-0.2, -0.15) is 5.26 Å². The summed E-state index contributed by atoms with van der Waals surface area (Å²) in [5.41, 5.74) is 1.14. The number of hydrogen-bond acceptors (Lipinski definition) is 4. The van der Waals surface area contributed by atoms with Crippen molar-refractivity contribution in [3.63, 3.8) is 0 Å². The van der Waals surface area contributed by atoms with Gasteiger partial charge in [-0.05, 0) is 24.6 Å². The molecule has 0 fully saturated rings. The van der Waals surface area contributed by atoms with Crippen molar-refractivity contribution < 1.29 is 8.95 Å². The van der Waals surface area contributed by atoms with Gasteiger partial charge >= 0.3 is 0 Å². The number of hydrogen-bond donors (Lipinski definition) is 1. The van der Waals surface area contributed by atoms with Gasteiger partial charge in [0.2, 0.25) is 0 Å². The smallest absolute Gasteiger partial charge is 0.174 e. The topological polar surface area (TPSA) is 62.1 Å². The van der Waals surface area contributed by atoms with E-state index in [0.29, 0.717) is 11.5 Å². The van der Waals surface area contributed by atoms with Crippen LogP contribution in [0, 0.1) is 11.3 Å².